The average molecular weight is 295 g/mol. The van der Waals surface area contributed by atoms with Crippen molar-refractivity contribution in [3.63, 3.8) is 0 Å². The Bertz CT molecular complexity index is 829. The number of carbonyl (C=O) groups is 1. The number of phenolic OH excluding ortho intramolecular Hbond substituents is 1. The third kappa shape index (κ3) is 2.58. The molecule has 0 aromatic heterocycles. The van der Waals surface area contributed by atoms with Gasteiger partial charge in [0.05, 0.1) is 0 Å². The fourth-order valence-corrected chi connectivity index (χ4v) is 2.44. The predicted molar refractivity (Wildman–Crippen MR) is 69.5 cm³/mol. The first-order valence-corrected chi connectivity index (χ1v) is 6.68. The van der Waals surface area contributed by atoms with E-state index in [1.807, 2.05) is 0 Å². The Hall–Kier alpha value is -2.52. The minimum Gasteiger partial charge on any atom is -0.505 e. The Labute approximate surface area is 113 Å². The molecule has 0 fully saturated rings. The lowest BCUT2D eigenvalue weighted by atomic mass is 10.1. The zero-order valence-electron chi connectivity index (χ0n) is 9.89. The first-order chi connectivity index (χ1) is 9.30. The van der Waals surface area contributed by atoms with Gasteiger partial charge < -0.3 is 10.8 Å². The molecule has 9 heteroatoms. The number of rotatable bonds is 2. The maximum Gasteiger partial charge on any atom is 0.356 e. The zero-order chi connectivity index (χ0) is 14.9. The van der Waals surface area contributed by atoms with E-state index in [2.05, 4.69) is 10.2 Å². The summed E-state index contributed by atoms with van der Waals surface area (Å²) in [5.41, 5.74) is 4.64. The summed E-state index contributed by atoms with van der Waals surface area (Å²) in [4.78, 5) is 10.0. The largest absolute Gasteiger partial charge is 0.505 e. The normalized spacial score (nSPS) is 12.1. The zero-order valence-corrected chi connectivity index (χ0v) is 10.7. The van der Waals surface area contributed by atoms with Crippen molar-refractivity contribution in [2.24, 2.45) is 16.0 Å². The molecule has 0 aliphatic heterocycles. The van der Waals surface area contributed by atoms with E-state index in [9.17, 15) is 18.3 Å². The van der Waals surface area contributed by atoms with Gasteiger partial charge in [0, 0.05) is 5.39 Å². The predicted octanol–water partition coefficient (Wildman–Crippen LogP) is 1.95. The number of carbonyl (C=O) groups excluding carboxylic acids is 1. The highest BCUT2D eigenvalue weighted by molar-refractivity contribution is 7.86. The minimum atomic E-state index is -4.52. The van der Waals surface area contributed by atoms with Crippen LogP contribution in [0.1, 0.15) is 0 Å². The molecule has 4 N–H and O–H groups in total. The van der Waals surface area contributed by atoms with Crippen LogP contribution in [0.4, 0.5) is 10.5 Å². The van der Waals surface area contributed by atoms with Crippen LogP contribution in [-0.4, -0.2) is 24.1 Å². The average Bonchev–Trinajstić information content (AvgIpc) is 2.36. The standard InChI is InChI=1S/C11H9N3O5S/c12-11(16)14-13-7-5-4-6-2-1-3-8(20(17,18)19)9(6)10(7)15/h1-5,15H,(H2,12,16)(H,17,18,19). The Kier molecular flexibility index (Phi) is 3.38. The molecule has 0 heterocycles. The van der Waals surface area contributed by atoms with Gasteiger partial charge in [-0.1, -0.05) is 23.3 Å². The molecule has 2 aromatic carbocycles. The minimum absolute atomic E-state index is 0.115. The molecule has 104 valence electrons. The van der Waals surface area contributed by atoms with Gasteiger partial charge in [-0.05, 0) is 17.5 Å². The van der Waals surface area contributed by atoms with E-state index in [1.165, 1.54) is 18.2 Å². The molecule has 8 nitrogen and oxygen atoms in total. The number of urea groups is 1. The summed E-state index contributed by atoms with van der Waals surface area (Å²) < 4.78 is 31.7. The van der Waals surface area contributed by atoms with Crippen molar-refractivity contribution in [1.29, 1.82) is 0 Å². The second kappa shape index (κ2) is 4.87. The number of hydrogen-bond donors (Lipinski definition) is 3. The monoisotopic (exact) mass is 295 g/mol. The molecule has 0 aliphatic rings. The first kappa shape index (κ1) is 13.9. The quantitative estimate of drug-likeness (QED) is 0.573. The van der Waals surface area contributed by atoms with Crippen LogP contribution in [0.3, 0.4) is 0 Å². The highest BCUT2D eigenvalue weighted by Crippen LogP contribution is 2.38. The molecule has 2 rings (SSSR count). The van der Waals surface area contributed by atoms with Crippen LogP contribution in [0.25, 0.3) is 10.8 Å². The van der Waals surface area contributed by atoms with Gasteiger partial charge in [-0.15, -0.1) is 5.11 Å². The van der Waals surface area contributed by atoms with Gasteiger partial charge in [-0.2, -0.15) is 8.42 Å². The van der Waals surface area contributed by atoms with Crippen molar-refractivity contribution < 1.29 is 22.9 Å². The first-order valence-electron chi connectivity index (χ1n) is 5.24. The number of hydrogen-bond acceptors (Lipinski definition) is 5. The van der Waals surface area contributed by atoms with Crippen LogP contribution in [0.15, 0.2) is 45.5 Å². The molecule has 0 saturated carbocycles. The molecular formula is C11H9N3O5S. The van der Waals surface area contributed by atoms with Gasteiger partial charge in [-0.25, -0.2) is 4.79 Å². The molecule has 0 bridgehead atoms. The van der Waals surface area contributed by atoms with E-state index in [4.69, 9.17) is 10.3 Å². The molecule has 2 amide bonds. The number of phenols is 1. The second-order valence-corrected chi connectivity index (χ2v) is 5.19. The maximum atomic E-state index is 11.3. The molecule has 0 unspecified atom stereocenters. The SMILES string of the molecule is NC(=O)N=Nc1ccc2cccc(S(=O)(=O)O)c2c1O. The number of benzene rings is 2. The van der Waals surface area contributed by atoms with Crippen LogP contribution in [0.2, 0.25) is 0 Å². The number of azo groups is 1. The van der Waals surface area contributed by atoms with E-state index < -0.39 is 26.8 Å². The summed E-state index contributed by atoms with van der Waals surface area (Å²) >= 11 is 0. The van der Waals surface area contributed by atoms with Crippen LogP contribution in [0, 0.1) is 0 Å². The summed E-state index contributed by atoms with van der Waals surface area (Å²) in [7, 11) is -4.52. The van der Waals surface area contributed by atoms with E-state index in [0.717, 1.165) is 6.07 Å². The molecule has 0 spiro atoms. The summed E-state index contributed by atoms with van der Waals surface area (Å²) in [6.07, 6.45) is 0. The maximum absolute atomic E-state index is 11.3. The van der Waals surface area contributed by atoms with Crippen molar-refractivity contribution in [1.82, 2.24) is 0 Å². The van der Waals surface area contributed by atoms with Gasteiger partial charge >= 0.3 is 6.03 Å². The third-order valence-electron chi connectivity index (χ3n) is 2.49. The van der Waals surface area contributed by atoms with Crippen LogP contribution in [-0.2, 0) is 10.1 Å². The number of amides is 2. The lowest BCUT2D eigenvalue weighted by Gasteiger charge is -2.07. The van der Waals surface area contributed by atoms with Crippen molar-refractivity contribution in [3.05, 3.63) is 30.3 Å². The molecule has 20 heavy (non-hydrogen) atoms. The van der Waals surface area contributed by atoms with Crippen LogP contribution in [0.5, 0.6) is 5.75 Å². The number of nitrogens with zero attached hydrogens (tertiary/aromatic N) is 2. The second-order valence-electron chi connectivity index (χ2n) is 3.80. The van der Waals surface area contributed by atoms with Crippen molar-refractivity contribution >= 4 is 32.6 Å². The van der Waals surface area contributed by atoms with Crippen LogP contribution >= 0.6 is 0 Å². The van der Waals surface area contributed by atoms with Gasteiger partial charge in [0.15, 0.2) is 5.75 Å². The molecule has 2 aromatic rings. The Morgan fingerprint density at radius 1 is 1.20 bits per heavy atom. The fourth-order valence-electron chi connectivity index (χ4n) is 1.71. The lowest BCUT2D eigenvalue weighted by Crippen LogP contribution is -2.02. The number of primary amides is 1. The van der Waals surface area contributed by atoms with Gasteiger partial charge in [-0.3, -0.25) is 4.55 Å². The number of fused-ring (bicyclic) bond motifs is 1. The van der Waals surface area contributed by atoms with Crippen molar-refractivity contribution in [3.8, 4) is 5.75 Å². The smallest absolute Gasteiger partial charge is 0.356 e. The molecule has 0 radical (unpaired) electrons. The van der Waals surface area contributed by atoms with Gasteiger partial charge in [0.1, 0.15) is 10.6 Å². The Balaban J connectivity index is 2.80. The Morgan fingerprint density at radius 2 is 1.90 bits per heavy atom. The van der Waals surface area contributed by atoms with Gasteiger partial charge in [0.25, 0.3) is 10.1 Å². The fraction of sp³-hybridized carbons (Fsp3) is 0. The van der Waals surface area contributed by atoms with E-state index in [1.54, 1.807) is 6.07 Å². The number of nitrogens with two attached hydrogens (primary N) is 1. The topological polar surface area (TPSA) is 142 Å². The van der Waals surface area contributed by atoms with Crippen molar-refractivity contribution in [2.45, 2.75) is 4.90 Å². The molecule has 0 atom stereocenters. The van der Waals surface area contributed by atoms with Crippen molar-refractivity contribution in [2.75, 3.05) is 0 Å². The summed E-state index contributed by atoms with van der Waals surface area (Å²) in [5.74, 6) is -0.527. The summed E-state index contributed by atoms with van der Waals surface area (Å²) in [5, 5.41) is 16.7. The summed E-state index contributed by atoms with van der Waals surface area (Å²) in [6.45, 7) is 0. The Morgan fingerprint density at radius 3 is 2.50 bits per heavy atom. The highest BCUT2D eigenvalue weighted by Gasteiger charge is 2.18. The number of aromatic hydroxyl groups is 1. The molecule has 0 saturated heterocycles. The highest BCUT2D eigenvalue weighted by atomic mass is 32.2. The van der Waals surface area contributed by atoms with E-state index in [-0.39, 0.29) is 11.1 Å². The molecular weight excluding hydrogens is 286 g/mol. The van der Waals surface area contributed by atoms with Gasteiger partial charge in [0.2, 0.25) is 0 Å². The van der Waals surface area contributed by atoms with E-state index in [0.29, 0.717) is 5.39 Å². The summed E-state index contributed by atoms with van der Waals surface area (Å²) in [6, 6.07) is 5.81. The lowest BCUT2D eigenvalue weighted by molar-refractivity contribution is 0.255. The third-order valence-corrected chi connectivity index (χ3v) is 3.39. The van der Waals surface area contributed by atoms with Crippen LogP contribution < -0.4 is 5.73 Å². The molecule has 0 aliphatic carbocycles. The van der Waals surface area contributed by atoms with E-state index >= 15 is 0 Å².